The van der Waals surface area contributed by atoms with Crippen LogP contribution in [0.3, 0.4) is 0 Å². The highest BCUT2D eigenvalue weighted by atomic mass is 16.6. The molecule has 2 amide bonds. The van der Waals surface area contributed by atoms with Crippen LogP contribution < -0.4 is 5.32 Å². The molecule has 1 heterocycles. The fraction of sp³-hybridized carbons (Fsp3) is 0.591. The van der Waals surface area contributed by atoms with Crippen LogP contribution in [0.5, 0.6) is 0 Å². The summed E-state index contributed by atoms with van der Waals surface area (Å²) in [6, 6.07) is 8.09. The zero-order valence-electron chi connectivity index (χ0n) is 17.4. The predicted octanol–water partition coefficient (Wildman–Crippen LogP) is 3.42. The number of unbranched alkanes of at least 4 members (excludes halogenated alkanes) is 3. The molecule has 0 radical (unpaired) electrons. The highest BCUT2D eigenvalue weighted by molar-refractivity contribution is 5.90. The highest BCUT2D eigenvalue weighted by Crippen LogP contribution is 2.20. The van der Waals surface area contributed by atoms with Crippen LogP contribution in [0.4, 0.5) is 4.79 Å². The third-order valence-corrected chi connectivity index (χ3v) is 5.14. The normalized spacial score (nSPS) is 16.9. The number of benzene rings is 1. The van der Waals surface area contributed by atoms with Gasteiger partial charge in [0.05, 0.1) is 7.11 Å². The molecule has 1 saturated heterocycles. The van der Waals surface area contributed by atoms with Gasteiger partial charge in [-0.1, -0.05) is 62.9 Å². The van der Waals surface area contributed by atoms with Gasteiger partial charge < -0.3 is 14.8 Å². The molecule has 0 bridgehead atoms. The maximum absolute atomic E-state index is 12.8. The number of carbonyl (C=O) groups is 3. The number of carbonyl (C=O) groups excluding carboxylic acids is 3. The second-order valence-corrected chi connectivity index (χ2v) is 7.33. The van der Waals surface area contributed by atoms with Crippen molar-refractivity contribution < 1.29 is 23.9 Å². The summed E-state index contributed by atoms with van der Waals surface area (Å²) in [4.78, 5) is 38.8. The number of likely N-dealkylation sites (tertiary alicyclic amines) is 1. The number of hydrogen-bond donors (Lipinski definition) is 1. The van der Waals surface area contributed by atoms with Crippen molar-refractivity contribution in [3.8, 4) is 0 Å². The molecule has 1 aromatic rings. The third kappa shape index (κ3) is 7.07. The molecule has 1 aliphatic heterocycles. The van der Waals surface area contributed by atoms with Crippen LogP contribution in [0.15, 0.2) is 30.3 Å². The Bertz CT molecular complexity index is 664. The topological polar surface area (TPSA) is 84.9 Å². The predicted molar refractivity (Wildman–Crippen MR) is 109 cm³/mol. The molecular weight excluding hydrogens is 372 g/mol. The summed E-state index contributed by atoms with van der Waals surface area (Å²) in [6.45, 7) is 2.74. The number of rotatable bonds is 10. The molecule has 29 heavy (non-hydrogen) atoms. The number of amides is 2. The van der Waals surface area contributed by atoms with E-state index in [9.17, 15) is 14.4 Å². The van der Waals surface area contributed by atoms with Crippen molar-refractivity contribution in [2.45, 2.75) is 70.6 Å². The molecule has 7 heteroatoms. The quantitative estimate of drug-likeness (QED) is 0.477. The second-order valence-electron chi connectivity index (χ2n) is 7.33. The minimum atomic E-state index is -0.688. The van der Waals surface area contributed by atoms with Crippen molar-refractivity contribution in [2.75, 3.05) is 13.7 Å². The first-order valence-electron chi connectivity index (χ1n) is 10.4. The summed E-state index contributed by atoms with van der Waals surface area (Å²) < 4.78 is 10.2. The smallest absolute Gasteiger partial charge is 0.410 e. The number of esters is 1. The zero-order valence-corrected chi connectivity index (χ0v) is 17.4. The molecule has 160 valence electrons. The van der Waals surface area contributed by atoms with Crippen LogP contribution in [0.2, 0.25) is 0 Å². The summed E-state index contributed by atoms with van der Waals surface area (Å²) in [7, 11) is 1.32. The van der Waals surface area contributed by atoms with Crippen molar-refractivity contribution >= 4 is 18.0 Å². The number of hydrogen-bond acceptors (Lipinski definition) is 5. The van der Waals surface area contributed by atoms with E-state index in [0.29, 0.717) is 19.4 Å². The van der Waals surface area contributed by atoms with E-state index in [2.05, 4.69) is 12.2 Å². The van der Waals surface area contributed by atoms with E-state index < -0.39 is 24.1 Å². The molecule has 0 aliphatic carbocycles. The van der Waals surface area contributed by atoms with Crippen LogP contribution in [0.1, 0.15) is 57.4 Å². The van der Waals surface area contributed by atoms with Crippen molar-refractivity contribution in [1.82, 2.24) is 10.2 Å². The Kier molecular flexibility index (Phi) is 9.47. The van der Waals surface area contributed by atoms with E-state index in [1.165, 1.54) is 12.0 Å². The molecule has 1 N–H and O–H groups in total. The second kappa shape index (κ2) is 12.1. The van der Waals surface area contributed by atoms with E-state index >= 15 is 0 Å². The number of nitrogens with zero attached hydrogens (tertiary/aromatic N) is 1. The maximum Gasteiger partial charge on any atom is 0.410 e. The molecular formula is C22H32N2O5. The molecule has 2 atom stereocenters. The Hall–Kier alpha value is -2.57. The number of nitrogens with one attached hydrogen (secondary N) is 1. The van der Waals surface area contributed by atoms with Crippen LogP contribution in [-0.4, -0.2) is 48.6 Å². The van der Waals surface area contributed by atoms with Crippen molar-refractivity contribution in [2.24, 2.45) is 0 Å². The first-order chi connectivity index (χ1) is 14.1. The van der Waals surface area contributed by atoms with Gasteiger partial charge in [-0.3, -0.25) is 9.69 Å². The van der Waals surface area contributed by atoms with Crippen LogP contribution >= 0.6 is 0 Å². The van der Waals surface area contributed by atoms with Gasteiger partial charge in [0.1, 0.15) is 18.7 Å². The molecule has 0 spiro atoms. The van der Waals surface area contributed by atoms with E-state index in [4.69, 9.17) is 9.47 Å². The van der Waals surface area contributed by atoms with Gasteiger partial charge in [-0.15, -0.1) is 0 Å². The van der Waals surface area contributed by atoms with Crippen molar-refractivity contribution in [1.29, 1.82) is 0 Å². The lowest BCUT2D eigenvalue weighted by molar-refractivity contribution is -0.145. The first-order valence-corrected chi connectivity index (χ1v) is 10.4. The van der Waals surface area contributed by atoms with Crippen LogP contribution in [0.25, 0.3) is 0 Å². The molecule has 0 saturated carbocycles. The fourth-order valence-corrected chi connectivity index (χ4v) is 3.49. The summed E-state index contributed by atoms with van der Waals surface area (Å²) in [5, 5.41) is 2.78. The van der Waals surface area contributed by atoms with Crippen LogP contribution in [-0.2, 0) is 25.7 Å². The van der Waals surface area contributed by atoms with E-state index in [1.807, 2.05) is 30.3 Å². The molecule has 1 aromatic carbocycles. The van der Waals surface area contributed by atoms with E-state index in [0.717, 1.165) is 37.7 Å². The van der Waals surface area contributed by atoms with Crippen molar-refractivity contribution in [3.63, 3.8) is 0 Å². The Morgan fingerprint density at radius 1 is 1.17 bits per heavy atom. The standard InChI is InChI=1S/C22H32N2O5/c1-3-4-5-9-13-18(21(26)28-2)23-20(25)19-14-10-15-24(19)22(27)29-16-17-11-7-6-8-12-17/h6-8,11-12,18-19H,3-5,9-10,13-16H2,1-2H3,(H,23,25)/t18-,19+/m0/s1. The molecule has 2 rings (SSSR count). The number of ether oxygens (including phenoxy) is 2. The molecule has 1 fully saturated rings. The average molecular weight is 405 g/mol. The van der Waals surface area contributed by atoms with E-state index in [-0.39, 0.29) is 12.5 Å². The van der Waals surface area contributed by atoms with Crippen LogP contribution in [0, 0.1) is 0 Å². The Morgan fingerprint density at radius 3 is 2.62 bits per heavy atom. The fourth-order valence-electron chi connectivity index (χ4n) is 3.49. The molecule has 0 aromatic heterocycles. The van der Waals surface area contributed by atoms with Gasteiger partial charge in [0.25, 0.3) is 0 Å². The lowest BCUT2D eigenvalue weighted by Crippen LogP contribution is -2.51. The summed E-state index contributed by atoms with van der Waals surface area (Å²) in [5.74, 6) is -0.781. The first kappa shape index (κ1) is 22.7. The summed E-state index contributed by atoms with van der Waals surface area (Å²) in [6.07, 6.45) is 5.31. The van der Waals surface area contributed by atoms with Gasteiger partial charge in [0.2, 0.25) is 5.91 Å². The largest absolute Gasteiger partial charge is 0.467 e. The molecule has 1 aliphatic rings. The summed E-state index contributed by atoms with van der Waals surface area (Å²) in [5.41, 5.74) is 0.888. The van der Waals surface area contributed by atoms with Gasteiger partial charge in [0.15, 0.2) is 0 Å². The highest BCUT2D eigenvalue weighted by Gasteiger charge is 2.36. The van der Waals surface area contributed by atoms with Gasteiger partial charge in [0, 0.05) is 6.54 Å². The third-order valence-electron chi connectivity index (χ3n) is 5.14. The van der Waals surface area contributed by atoms with Crippen molar-refractivity contribution in [3.05, 3.63) is 35.9 Å². The zero-order chi connectivity index (χ0) is 21.1. The van der Waals surface area contributed by atoms with Gasteiger partial charge in [-0.2, -0.15) is 0 Å². The average Bonchev–Trinajstić information content (AvgIpc) is 3.24. The Labute approximate surface area is 172 Å². The molecule has 7 nitrogen and oxygen atoms in total. The Balaban J connectivity index is 1.90. The minimum Gasteiger partial charge on any atom is -0.467 e. The van der Waals surface area contributed by atoms with Gasteiger partial charge in [-0.25, -0.2) is 9.59 Å². The SMILES string of the molecule is CCCCCC[C@H](NC(=O)[C@H]1CCCN1C(=O)OCc1ccccc1)C(=O)OC. The lowest BCUT2D eigenvalue weighted by Gasteiger charge is -2.25. The number of methoxy groups -OCH3 is 1. The van der Waals surface area contributed by atoms with Gasteiger partial charge >= 0.3 is 12.1 Å². The van der Waals surface area contributed by atoms with Gasteiger partial charge in [-0.05, 0) is 24.8 Å². The Morgan fingerprint density at radius 2 is 1.93 bits per heavy atom. The minimum absolute atomic E-state index is 0.159. The molecule has 0 unspecified atom stereocenters. The maximum atomic E-state index is 12.8. The monoisotopic (exact) mass is 404 g/mol. The van der Waals surface area contributed by atoms with E-state index in [1.54, 1.807) is 0 Å². The summed E-state index contributed by atoms with van der Waals surface area (Å²) >= 11 is 0. The lowest BCUT2D eigenvalue weighted by atomic mass is 10.1.